The fourth-order valence-corrected chi connectivity index (χ4v) is 4.82. The molecule has 0 unspecified atom stereocenters. The molecule has 0 radical (unpaired) electrons. The molecule has 10 heteroatoms. The Morgan fingerprint density at radius 3 is 2.41 bits per heavy atom. The summed E-state index contributed by atoms with van der Waals surface area (Å²) in [4.78, 5) is 12.6. The van der Waals surface area contributed by atoms with Crippen molar-refractivity contribution in [1.82, 2.24) is 5.43 Å². The molecule has 0 fully saturated rings. The molecule has 3 rings (SSSR count). The summed E-state index contributed by atoms with van der Waals surface area (Å²) in [5.41, 5.74) is 3.17. The Bertz CT molecular complexity index is 1250. The van der Waals surface area contributed by atoms with E-state index in [2.05, 4.69) is 10.5 Å². The first kappa shape index (κ1) is 25.6. The number of carbonyl (C=O) groups is 1. The van der Waals surface area contributed by atoms with Gasteiger partial charge in [0.1, 0.15) is 12.3 Å². The number of amides is 1. The average Bonchev–Trinajstić information content (AvgIpc) is 2.84. The van der Waals surface area contributed by atoms with E-state index in [0.29, 0.717) is 6.61 Å². The minimum atomic E-state index is -4.11. The third-order valence-electron chi connectivity index (χ3n) is 4.57. The quantitative estimate of drug-likeness (QED) is 0.297. The lowest BCUT2D eigenvalue weighted by Gasteiger charge is -2.24. The Morgan fingerprint density at radius 1 is 1.03 bits per heavy atom. The number of nitrogens with zero attached hydrogens (tertiary/aromatic N) is 2. The highest BCUT2D eigenvalue weighted by atomic mass is 35.5. The van der Waals surface area contributed by atoms with Crippen LogP contribution in [0.1, 0.15) is 18.9 Å². The van der Waals surface area contributed by atoms with Crippen molar-refractivity contribution in [3.05, 3.63) is 88.4 Å². The molecule has 3 aromatic rings. The summed E-state index contributed by atoms with van der Waals surface area (Å²) in [6, 6.07) is 19.5. The van der Waals surface area contributed by atoms with Gasteiger partial charge in [0.15, 0.2) is 0 Å². The number of ether oxygens (including phenoxy) is 1. The number of carbonyl (C=O) groups excluding carboxylic acids is 1. The summed E-state index contributed by atoms with van der Waals surface area (Å²) >= 11 is 12.4. The average molecular weight is 520 g/mol. The fourth-order valence-electron chi connectivity index (χ4n) is 2.92. The zero-order valence-corrected chi connectivity index (χ0v) is 20.6. The van der Waals surface area contributed by atoms with Gasteiger partial charge in [0.25, 0.3) is 15.9 Å². The third kappa shape index (κ3) is 6.50. The van der Waals surface area contributed by atoms with Crippen LogP contribution in [0.25, 0.3) is 0 Å². The largest absolute Gasteiger partial charge is 0.494 e. The number of benzene rings is 3. The number of halogens is 2. The van der Waals surface area contributed by atoms with Crippen molar-refractivity contribution >= 4 is 51.0 Å². The highest BCUT2D eigenvalue weighted by molar-refractivity contribution is 7.92. The molecule has 0 heterocycles. The van der Waals surface area contributed by atoms with Gasteiger partial charge in [0, 0.05) is 0 Å². The molecule has 178 valence electrons. The van der Waals surface area contributed by atoms with Crippen molar-refractivity contribution in [3.8, 4) is 5.75 Å². The van der Waals surface area contributed by atoms with Crippen molar-refractivity contribution in [3.63, 3.8) is 0 Å². The van der Waals surface area contributed by atoms with E-state index in [9.17, 15) is 13.2 Å². The predicted octanol–water partition coefficient (Wildman–Crippen LogP) is 5.13. The van der Waals surface area contributed by atoms with Crippen LogP contribution in [0.4, 0.5) is 5.69 Å². The van der Waals surface area contributed by atoms with Gasteiger partial charge >= 0.3 is 0 Å². The Morgan fingerprint density at radius 2 is 1.74 bits per heavy atom. The van der Waals surface area contributed by atoms with Gasteiger partial charge in [-0.15, -0.1) is 0 Å². The fraction of sp³-hybridized carbons (Fsp3) is 0.167. The molecule has 0 saturated heterocycles. The second-order valence-electron chi connectivity index (χ2n) is 7.11. The van der Waals surface area contributed by atoms with Gasteiger partial charge in [0.2, 0.25) is 0 Å². The molecular weight excluding hydrogens is 497 g/mol. The van der Waals surface area contributed by atoms with E-state index >= 15 is 0 Å². The van der Waals surface area contributed by atoms with Crippen LogP contribution >= 0.6 is 23.2 Å². The van der Waals surface area contributed by atoms with E-state index in [1.165, 1.54) is 30.5 Å². The third-order valence-corrected chi connectivity index (χ3v) is 7.16. The van der Waals surface area contributed by atoms with Gasteiger partial charge in [0.05, 0.1) is 33.4 Å². The number of sulfonamides is 1. The molecule has 0 aliphatic rings. The van der Waals surface area contributed by atoms with Gasteiger partial charge in [-0.05, 0) is 60.5 Å². The molecule has 3 aromatic carbocycles. The van der Waals surface area contributed by atoms with Crippen molar-refractivity contribution in [2.24, 2.45) is 5.10 Å². The molecule has 0 saturated carbocycles. The first-order valence-corrected chi connectivity index (χ1v) is 12.6. The lowest BCUT2D eigenvalue weighted by Crippen LogP contribution is -2.39. The van der Waals surface area contributed by atoms with E-state index in [0.717, 1.165) is 22.0 Å². The van der Waals surface area contributed by atoms with Crippen LogP contribution in [0.3, 0.4) is 0 Å². The van der Waals surface area contributed by atoms with Crippen molar-refractivity contribution < 1.29 is 17.9 Å². The Kier molecular flexibility index (Phi) is 8.92. The maximum absolute atomic E-state index is 13.3. The Balaban J connectivity index is 1.78. The van der Waals surface area contributed by atoms with Gasteiger partial charge < -0.3 is 4.74 Å². The lowest BCUT2D eigenvalue weighted by atomic mass is 10.2. The second-order valence-corrected chi connectivity index (χ2v) is 9.76. The van der Waals surface area contributed by atoms with Crippen LogP contribution in [0.5, 0.6) is 5.75 Å². The zero-order valence-electron chi connectivity index (χ0n) is 18.3. The van der Waals surface area contributed by atoms with Crippen molar-refractivity contribution in [1.29, 1.82) is 0 Å². The molecule has 0 atom stereocenters. The van der Waals surface area contributed by atoms with E-state index in [-0.39, 0.29) is 20.6 Å². The summed E-state index contributed by atoms with van der Waals surface area (Å²) in [6.45, 7) is 2.09. The summed E-state index contributed by atoms with van der Waals surface area (Å²) < 4.78 is 33.1. The van der Waals surface area contributed by atoms with Crippen LogP contribution in [-0.4, -0.2) is 33.7 Å². The van der Waals surface area contributed by atoms with E-state index < -0.39 is 22.5 Å². The molecule has 1 N–H and O–H groups in total. The molecule has 7 nitrogen and oxygen atoms in total. The van der Waals surface area contributed by atoms with Crippen molar-refractivity contribution in [2.75, 3.05) is 17.5 Å². The first-order valence-electron chi connectivity index (χ1n) is 10.4. The summed E-state index contributed by atoms with van der Waals surface area (Å²) in [5, 5.41) is 4.11. The summed E-state index contributed by atoms with van der Waals surface area (Å²) in [7, 11) is -4.11. The van der Waals surface area contributed by atoms with Gasteiger partial charge in [-0.25, -0.2) is 13.8 Å². The van der Waals surface area contributed by atoms with Crippen LogP contribution in [-0.2, 0) is 14.8 Å². The second kappa shape index (κ2) is 11.9. The monoisotopic (exact) mass is 519 g/mol. The van der Waals surface area contributed by atoms with Gasteiger partial charge in [-0.3, -0.25) is 9.10 Å². The van der Waals surface area contributed by atoms with Crippen LogP contribution < -0.4 is 14.5 Å². The predicted molar refractivity (Wildman–Crippen MR) is 135 cm³/mol. The standard InChI is InChI=1S/C24H23Cl2N3O4S/c1-2-15-33-19-13-11-18(12-14-19)16-27-28-23(30)17-29(22-10-6-9-21(25)24(22)26)34(31,32)20-7-4-3-5-8-20/h3-14,16H,2,15,17H2,1H3,(H,28,30)/b27-16-. The smallest absolute Gasteiger partial charge is 0.264 e. The number of rotatable bonds is 10. The lowest BCUT2D eigenvalue weighted by molar-refractivity contribution is -0.119. The Hall–Kier alpha value is -3.07. The van der Waals surface area contributed by atoms with Crippen LogP contribution in [0, 0.1) is 0 Å². The molecule has 0 aliphatic heterocycles. The number of nitrogens with one attached hydrogen (secondary N) is 1. The highest BCUT2D eigenvalue weighted by Crippen LogP contribution is 2.35. The van der Waals surface area contributed by atoms with Gasteiger partial charge in [-0.2, -0.15) is 5.10 Å². The number of hydrazone groups is 1. The molecule has 1 amide bonds. The van der Waals surface area contributed by atoms with Crippen LogP contribution in [0.15, 0.2) is 82.8 Å². The van der Waals surface area contributed by atoms with E-state index in [1.54, 1.807) is 48.5 Å². The van der Waals surface area contributed by atoms with Crippen molar-refractivity contribution in [2.45, 2.75) is 18.2 Å². The zero-order chi connectivity index (χ0) is 24.6. The number of hydrogen-bond acceptors (Lipinski definition) is 5. The van der Waals surface area contributed by atoms with Gasteiger partial charge in [-0.1, -0.05) is 54.4 Å². The molecular formula is C24H23Cl2N3O4S. The minimum absolute atomic E-state index is 0.00715. The summed E-state index contributed by atoms with van der Waals surface area (Å²) in [5.74, 6) is 0.0814. The maximum Gasteiger partial charge on any atom is 0.264 e. The normalized spacial score (nSPS) is 11.4. The SMILES string of the molecule is CCCOc1ccc(/C=N\NC(=O)CN(c2cccc(Cl)c2Cl)S(=O)(=O)c2ccccc2)cc1. The maximum atomic E-state index is 13.3. The minimum Gasteiger partial charge on any atom is -0.494 e. The number of anilines is 1. The van der Waals surface area contributed by atoms with E-state index in [4.69, 9.17) is 27.9 Å². The van der Waals surface area contributed by atoms with Crippen LogP contribution in [0.2, 0.25) is 10.0 Å². The number of hydrogen-bond donors (Lipinski definition) is 1. The summed E-state index contributed by atoms with van der Waals surface area (Å²) in [6.07, 6.45) is 2.36. The Labute approximate surface area is 209 Å². The molecule has 0 aliphatic carbocycles. The molecule has 0 spiro atoms. The molecule has 34 heavy (non-hydrogen) atoms. The molecule has 0 aromatic heterocycles. The first-order chi connectivity index (χ1) is 16.3. The highest BCUT2D eigenvalue weighted by Gasteiger charge is 2.29. The van der Waals surface area contributed by atoms with E-state index in [1.807, 2.05) is 6.92 Å². The topological polar surface area (TPSA) is 88.1 Å². The molecule has 0 bridgehead atoms.